The van der Waals surface area contributed by atoms with E-state index < -0.39 is 5.97 Å². The predicted octanol–water partition coefficient (Wildman–Crippen LogP) is 2.86. The van der Waals surface area contributed by atoms with E-state index in [4.69, 9.17) is 26.4 Å². The number of hydrogen-bond acceptors (Lipinski definition) is 7. The Hall–Kier alpha value is -2.06. The van der Waals surface area contributed by atoms with Crippen LogP contribution in [0.1, 0.15) is 19.4 Å². The molecule has 0 spiro atoms. The zero-order valence-corrected chi connectivity index (χ0v) is 15.9. The van der Waals surface area contributed by atoms with Crippen LogP contribution in [0.15, 0.2) is 23.1 Å². The maximum absolute atomic E-state index is 12.5. The molecule has 1 amide bonds. The largest absolute Gasteiger partial charge is 0.493 e. The van der Waals surface area contributed by atoms with E-state index in [2.05, 4.69) is 0 Å². The highest BCUT2D eigenvalue weighted by atomic mass is 32.2. The van der Waals surface area contributed by atoms with E-state index >= 15 is 0 Å². The highest BCUT2D eigenvalue weighted by molar-refractivity contribution is 8.26. The Morgan fingerprint density at radius 1 is 1.28 bits per heavy atom. The Morgan fingerprint density at radius 3 is 2.68 bits per heavy atom. The molecule has 2 rings (SSSR count). The molecule has 8 heteroatoms. The third-order valence-corrected chi connectivity index (χ3v) is 4.63. The van der Waals surface area contributed by atoms with Crippen molar-refractivity contribution in [2.24, 2.45) is 0 Å². The third kappa shape index (κ3) is 4.73. The smallest absolute Gasteiger partial charge is 0.326 e. The molecule has 1 fully saturated rings. The molecule has 6 nitrogen and oxygen atoms in total. The van der Waals surface area contributed by atoms with E-state index in [1.54, 1.807) is 32.2 Å². The molecule has 0 N–H and O–H groups in total. The molecular weight excluding hydrogens is 362 g/mol. The van der Waals surface area contributed by atoms with Gasteiger partial charge in [-0.1, -0.05) is 30.0 Å². The van der Waals surface area contributed by atoms with E-state index in [1.807, 2.05) is 13.0 Å². The van der Waals surface area contributed by atoms with E-state index in [9.17, 15) is 9.59 Å². The molecule has 1 aliphatic rings. The van der Waals surface area contributed by atoms with Gasteiger partial charge in [-0.15, -0.1) is 0 Å². The lowest BCUT2D eigenvalue weighted by Crippen LogP contribution is -2.34. The average molecular weight is 381 g/mol. The van der Waals surface area contributed by atoms with E-state index in [0.717, 1.165) is 17.3 Å². The van der Waals surface area contributed by atoms with Crippen LogP contribution in [0, 0.1) is 0 Å². The minimum atomic E-state index is -0.484. The van der Waals surface area contributed by atoms with Crippen molar-refractivity contribution in [1.29, 1.82) is 0 Å². The summed E-state index contributed by atoms with van der Waals surface area (Å²) in [5, 5.41) is 0. The van der Waals surface area contributed by atoms with Gasteiger partial charge in [0.25, 0.3) is 5.91 Å². The summed E-state index contributed by atoms with van der Waals surface area (Å²) in [7, 11) is 1.56. The zero-order valence-electron chi connectivity index (χ0n) is 14.2. The van der Waals surface area contributed by atoms with Crippen LogP contribution in [0.5, 0.6) is 11.5 Å². The number of esters is 1. The monoisotopic (exact) mass is 381 g/mol. The van der Waals surface area contributed by atoms with Gasteiger partial charge in [0, 0.05) is 0 Å². The summed E-state index contributed by atoms with van der Waals surface area (Å²) < 4.78 is 16.0. The minimum absolute atomic E-state index is 0.178. The molecule has 1 saturated heterocycles. The van der Waals surface area contributed by atoms with E-state index in [-0.39, 0.29) is 19.1 Å². The SMILES string of the molecule is CCOC(=O)CN1C(=O)/C(=C\c2ccc(OCC)c(OC)c2)SC1=S. The Bertz CT molecular complexity index is 717. The fraction of sp³-hybridized carbons (Fsp3) is 0.353. The fourth-order valence-corrected chi connectivity index (χ4v) is 3.43. The predicted molar refractivity (Wildman–Crippen MR) is 101 cm³/mol. The number of thiocarbonyl (C=S) groups is 1. The topological polar surface area (TPSA) is 65.1 Å². The number of hydrogen-bond donors (Lipinski definition) is 0. The Labute approximate surface area is 156 Å². The quantitative estimate of drug-likeness (QED) is 0.409. The number of benzene rings is 1. The molecule has 1 aromatic carbocycles. The first-order valence-electron chi connectivity index (χ1n) is 7.72. The summed E-state index contributed by atoms with van der Waals surface area (Å²) >= 11 is 6.35. The summed E-state index contributed by atoms with van der Waals surface area (Å²) in [6, 6.07) is 5.39. The number of methoxy groups -OCH3 is 1. The van der Waals surface area contributed by atoms with Crippen molar-refractivity contribution < 1.29 is 23.8 Å². The molecule has 1 heterocycles. The van der Waals surface area contributed by atoms with Crippen LogP contribution in [0.4, 0.5) is 0 Å². The molecule has 25 heavy (non-hydrogen) atoms. The van der Waals surface area contributed by atoms with Crippen molar-refractivity contribution >= 4 is 46.3 Å². The third-order valence-electron chi connectivity index (χ3n) is 3.25. The number of carbonyl (C=O) groups excluding carboxylic acids is 2. The van der Waals surface area contributed by atoms with Gasteiger partial charge in [0.05, 0.1) is 25.2 Å². The second-order valence-electron chi connectivity index (χ2n) is 4.92. The first kappa shape index (κ1) is 19.3. The molecule has 0 radical (unpaired) electrons. The highest BCUT2D eigenvalue weighted by Crippen LogP contribution is 2.34. The van der Waals surface area contributed by atoms with Crippen molar-refractivity contribution in [2.75, 3.05) is 26.9 Å². The van der Waals surface area contributed by atoms with Crippen LogP contribution in [-0.4, -0.2) is 48.0 Å². The summed E-state index contributed by atoms with van der Waals surface area (Å²) in [6.45, 7) is 4.21. The summed E-state index contributed by atoms with van der Waals surface area (Å²) in [5.74, 6) is 0.424. The first-order valence-corrected chi connectivity index (χ1v) is 8.94. The normalized spacial score (nSPS) is 15.6. The molecule has 0 unspecified atom stereocenters. The fourth-order valence-electron chi connectivity index (χ4n) is 2.17. The molecule has 1 aromatic rings. The van der Waals surface area contributed by atoms with Crippen LogP contribution in [0.2, 0.25) is 0 Å². The van der Waals surface area contributed by atoms with Gasteiger partial charge in [-0.05, 0) is 37.6 Å². The van der Waals surface area contributed by atoms with Crippen molar-refractivity contribution in [1.82, 2.24) is 4.90 Å². The van der Waals surface area contributed by atoms with Crippen molar-refractivity contribution in [3.05, 3.63) is 28.7 Å². The second-order valence-corrected chi connectivity index (χ2v) is 6.59. The first-order chi connectivity index (χ1) is 12.0. The number of carbonyl (C=O) groups is 2. The summed E-state index contributed by atoms with van der Waals surface area (Å²) in [5.41, 5.74) is 0.775. The molecule has 134 valence electrons. The zero-order chi connectivity index (χ0) is 18.4. The van der Waals surface area contributed by atoms with Crippen LogP contribution in [-0.2, 0) is 14.3 Å². The van der Waals surface area contributed by atoms with Gasteiger partial charge >= 0.3 is 5.97 Å². The van der Waals surface area contributed by atoms with Gasteiger partial charge in [0.2, 0.25) is 0 Å². The van der Waals surface area contributed by atoms with Crippen LogP contribution in [0.25, 0.3) is 6.08 Å². The van der Waals surface area contributed by atoms with Crippen LogP contribution < -0.4 is 9.47 Å². The maximum Gasteiger partial charge on any atom is 0.326 e. The van der Waals surface area contributed by atoms with E-state index in [0.29, 0.717) is 27.3 Å². The van der Waals surface area contributed by atoms with Crippen molar-refractivity contribution in [3.8, 4) is 11.5 Å². The Kier molecular flexibility index (Phi) is 6.83. The van der Waals surface area contributed by atoms with Crippen LogP contribution >= 0.6 is 24.0 Å². The van der Waals surface area contributed by atoms with Crippen LogP contribution in [0.3, 0.4) is 0 Å². The lowest BCUT2D eigenvalue weighted by molar-refractivity contribution is -0.145. The number of thioether (sulfide) groups is 1. The number of amides is 1. The lowest BCUT2D eigenvalue weighted by Gasteiger charge is -2.12. The molecule has 0 aliphatic carbocycles. The van der Waals surface area contributed by atoms with Gasteiger partial charge in [-0.2, -0.15) is 0 Å². The molecule has 1 aliphatic heterocycles. The molecule has 0 bridgehead atoms. The number of ether oxygens (including phenoxy) is 3. The standard InChI is InChI=1S/C17H19NO5S2/c1-4-22-12-7-6-11(8-13(12)21-3)9-14-16(20)18(17(24)25-14)10-15(19)23-5-2/h6-9H,4-5,10H2,1-3H3/b14-9+. The van der Waals surface area contributed by atoms with Gasteiger partial charge in [-0.3, -0.25) is 14.5 Å². The number of rotatable bonds is 7. The minimum Gasteiger partial charge on any atom is -0.493 e. The lowest BCUT2D eigenvalue weighted by atomic mass is 10.2. The number of nitrogens with zero attached hydrogens (tertiary/aromatic N) is 1. The Morgan fingerprint density at radius 2 is 2.04 bits per heavy atom. The molecule has 0 saturated carbocycles. The van der Waals surface area contributed by atoms with Gasteiger partial charge in [0.15, 0.2) is 11.5 Å². The molecule has 0 aromatic heterocycles. The maximum atomic E-state index is 12.5. The Balaban J connectivity index is 2.20. The molecule has 0 atom stereocenters. The summed E-state index contributed by atoms with van der Waals surface area (Å²) in [4.78, 5) is 25.8. The second kappa shape index (κ2) is 8.87. The summed E-state index contributed by atoms with van der Waals surface area (Å²) in [6.07, 6.45) is 1.71. The van der Waals surface area contributed by atoms with Crippen molar-refractivity contribution in [3.63, 3.8) is 0 Å². The average Bonchev–Trinajstić information content (AvgIpc) is 2.84. The van der Waals surface area contributed by atoms with Gasteiger partial charge in [-0.25, -0.2) is 0 Å². The molecular formula is C17H19NO5S2. The van der Waals surface area contributed by atoms with Crippen molar-refractivity contribution in [2.45, 2.75) is 13.8 Å². The van der Waals surface area contributed by atoms with Gasteiger partial charge in [0.1, 0.15) is 10.9 Å². The van der Waals surface area contributed by atoms with Gasteiger partial charge < -0.3 is 14.2 Å². The van der Waals surface area contributed by atoms with E-state index in [1.165, 1.54) is 4.90 Å². The highest BCUT2D eigenvalue weighted by Gasteiger charge is 2.33.